The van der Waals surface area contributed by atoms with Gasteiger partial charge in [0, 0.05) is 5.02 Å². The van der Waals surface area contributed by atoms with Gasteiger partial charge >= 0.3 is 5.30 Å². The minimum atomic E-state index is -4.32. The van der Waals surface area contributed by atoms with Gasteiger partial charge in [0.2, 0.25) is 0 Å². The molecule has 0 radical (unpaired) electrons. The third kappa shape index (κ3) is 2.43. The summed E-state index contributed by atoms with van der Waals surface area (Å²) in [6, 6.07) is 3.82. The number of hydrogen-bond acceptors (Lipinski definition) is 3. The molecule has 0 atom stereocenters. The fourth-order valence-corrected chi connectivity index (χ4v) is 2.16. The number of carboxylic acid groups (broad SMARTS) is 1. The molecule has 0 aliphatic heterocycles. The van der Waals surface area contributed by atoms with E-state index in [1.54, 1.807) is 6.08 Å². The molecular formula is C10H9ClO4S. The smallest absolute Gasteiger partial charge is 0.427 e. The van der Waals surface area contributed by atoms with Crippen molar-refractivity contribution in [3.63, 3.8) is 0 Å². The minimum Gasteiger partial charge on any atom is -0.469 e. The van der Waals surface area contributed by atoms with Crippen LogP contribution >= 0.6 is 11.6 Å². The van der Waals surface area contributed by atoms with Gasteiger partial charge in [-0.05, 0) is 24.1 Å². The Morgan fingerprint density at radius 1 is 1.50 bits per heavy atom. The van der Waals surface area contributed by atoms with Crippen molar-refractivity contribution in [2.24, 2.45) is 0 Å². The first-order valence-corrected chi connectivity index (χ1v) is 6.13. The molecule has 4 nitrogen and oxygen atoms in total. The highest BCUT2D eigenvalue weighted by Gasteiger charge is 2.24. The Labute approximate surface area is 98.1 Å². The van der Waals surface area contributed by atoms with E-state index in [0.717, 1.165) is 6.07 Å². The van der Waals surface area contributed by atoms with Crippen molar-refractivity contribution in [3.8, 4) is 0 Å². The molecule has 0 bridgehead atoms. The van der Waals surface area contributed by atoms with Crippen molar-refractivity contribution < 1.29 is 18.3 Å². The van der Waals surface area contributed by atoms with E-state index in [1.165, 1.54) is 12.1 Å². The van der Waals surface area contributed by atoms with E-state index in [9.17, 15) is 13.2 Å². The lowest BCUT2D eigenvalue weighted by Gasteiger charge is -2.03. The summed E-state index contributed by atoms with van der Waals surface area (Å²) in [5.74, 6) is 0. The van der Waals surface area contributed by atoms with Crippen LogP contribution in [0.15, 0.2) is 35.7 Å². The predicted molar refractivity (Wildman–Crippen MR) is 60.6 cm³/mol. The Kier molecular flexibility index (Phi) is 3.72. The molecule has 0 aromatic heterocycles. The van der Waals surface area contributed by atoms with Gasteiger partial charge in [-0.1, -0.05) is 23.7 Å². The van der Waals surface area contributed by atoms with Crippen molar-refractivity contribution in [1.82, 2.24) is 0 Å². The number of hydrogen-bond donors (Lipinski definition) is 1. The second-order valence-electron chi connectivity index (χ2n) is 3.02. The summed E-state index contributed by atoms with van der Waals surface area (Å²) in [5.41, 5.74) is 0.695. The molecule has 1 rings (SSSR count). The van der Waals surface area contributed by atoms with Gasteiger partial charge in [-0.15, -0.1) is 6.58 Å². The van der Waals surface area contributed by atoms with Crippen molar-refractivity contribution >= 4 is 26.7 Å². The number of rotatable bonds is 3. The number of halogens is 1. The largest absolute Gasteiger partial charge is 0.469 e. The van der Waals surface area contributed by atoms with E-state index in [0.29, 0.717) is 12.0 Å². The van der Waals surface area contributed by atoms with Crippen LogP contribution in [0.3, 0.4) is 0 Å². The molecule has 1 N–H and O–H groups in total. The lowest BCUT2D eigenvalue weighted by Crippen LogP contribution is -2.12. The zero-order chi connectivity index (χ0) is 12.3. The first-order chi connectivity index (χ1) is 7.39. The van der Waals surface area contributed by atoms with Gasteiger partial charge in [-0.2, -0.15) is 0 Å². The van der Waals surface area contributed by atoms with Crippen molar-refractivity contribution in [1.29, 1.82) is 0 Å². The Bertz CT molecular complexity index is 534. The van der Waals surface area contributed by atoms with Gasteiger partial charge in [0.05, 0.1) is 4.90 Å². The van der Waals surface area contributed by atoms with Crippen LogP contribution < -0.4 is 0 Å². The minimum absolute atomic E-state index is 0.210. The van der Waals surface area contributed by atoms with Crippen LogP contribution in [-0.2, 0) is 16.3 Å². The van der Waals surface area contributed by atoms with Gasteiger partial charge in [0.25, 0.3) is 9.84 Å². The Morgan fingerprint density at radius 3 is 2.56 bits per heavy atom. The summed E-state index contributed by atoms with van der Waals surface area (Å²) >= 11 is 5.81. The second-order valence-corrected chi connectivity index (χ2v) is 5.25. The fraction of sp³-hybridized carbons (Fsp3) is 0.100. The highest BCUT2D eigenvalue weighted by atomic mass is 35.5. The van der Waals surface area contributed by atoms with E-state index in [1.807, 2.05) is 0 Å². The lowest BCUT2D eigenvalue weighted by molar-refractivity contribution is 0.219. The molecule has 0 heterocycles. The van der Waals surface area contributed by atoms with Gasteiger partial charge in [0.15, 0.2) is 0 Å². The highest BCUT2D eigenvalue weighted by Crippen LogP contribution is 2.22. The monoisotopic (exact) mass is 260 g/mol. The van der Waals surface area contributed by atoms with Crippen molar-refractivity contribution in [2.75, 3.05) is 0 Å². The van der Waals surface area contributed by atoms with Gasteiger partial charge in [0.1, 0.15) is 0 Å². The van der Waals surface area contributed by atoms with Crippen LogP contribution in [0.5, 0.6) is 0 Å². The molecule has 16 heavy (non-hydrogen) atoms. The molecule has 0 spiro atoms. The van der Waals surface area contributed by atoms with E-state index in [-0.39, 0.29) is 9.92 Å². The summed E-state index contributed by atoms with van der Waals surface area (Å²) in [7, 11) is -4.32. The average Bonchev–Trinajstić information content (AvgIpc) is 2.21. The van der Waals surface area contributed by atoms with E-state index in [4.69, 9.17) is 16.7 Å². The Hall–Kier alpha value is -1.33. The normalized spacial score (nSPS) is 11.1. The molecule has 0 amide bonds. The molecule has 0 aliphatic carbocycles. The topological polar surface area (TPSA) is 71.4 Å². The molecule has 0 unspecified atom stereocenters. The summed E-state index contributed by atoms with van der Waals surface area (Å²) in [6.07, 6.45) is 2.11. The van der Waals surface area contributed by atoms with E-state index in [2.05, 4.69) is 6.58 Å². The average molecular weight is 261 g/mol. The van der Waals surface area contributed by atoms with Crippen LogP contribution in [-0.4, -0.2) is 18.8 Å². The van der Waals surface area contributed by atoms with E-state index >= 15 is 0 Å². The fourth-order valence-electron chi connectivity index (χ4n) is 1.12. The van der Waals surface area contributed by atoms with Gasteiger partial charge < -0.3 is 5.11 Å². The molecule has 0 saturated carbocycles. The Morgan fingerprint density at radius 2 is 2.12 bits per heavy atom. The number of allylic oxidation sites excluding steroid dienone is 1. The molecule has 0 aliphatic rings. The van der Waals surface area contributed by atoms with Crippen molar-refractivity contribution in [2.45, 2.75) is 11.3 Å². The molecule has 86 valence electrons. The van der Waals surface area contributed by atoms with Crippen LogP contribution in [0.2, 0.25) is 5.02 Å². The van der Waals surface area contributed by atoms with Crippen LogP contribution in [0.25, 0.3) is 0 Å². The molecule has 0 saturated heterocycles. The third-order valence-electron chi connectivity index (χ3n) is 1.93. The van der Waals surface area contributed by atoms with Crippen LogP contribution in [0, 0.1) is 0 Å². The lowest BCUT2D eigenvalue weighted by atomic mass is 10.1. The maximum absolute atomic E-state index is 11.3. The number of benzene rings is 1. The van der Waals surface area contributed by atoms with Gasteiger partial charge in [-0.25, -0.2) is 13.2 Å². The predicted octanol–water partition coefficient (Wildman–Crippen LogP) is 2.52. The molecule has 1 aromatic carbocycles. The van der Waals surface area contributed by atoms with Crippen LogP contribution in [0.1, 0.15) is 5.56 Å². The maximum atomic E-state index is 11.3. The van der Waals surface area contributed by atoms with E-state index < -0.39 is 15.1 Å². The molecular weight excluding hydrogens is 252 g/mol. The summed E-state index contributed by atoms with van der Waals surface area (Å²) in [5, 5.41) is 6.83. The standard InChI is InChI=1S/C10H9ClO4S/c1-2-3-7-4-5-8(6-9(7)11)16(14,15)10(12)13/h2,4-6H,1,3H2,(H,12,13). The van der Waals surface area contributed by atoms with Crippen LogP contribution in [0.4, 0.5) is 4.79 Å². The number of sulfone groups is 1. The second kappa shape index (κ2) is 4.67. The zero-order valence-electron chi connectivity index (χ0n) is 8.18. The molecule has 0 fully saturated rings. The van der Waals surface area contributed by atoms with Gasteiger partial charge in [-0.3, -0.25) is 0 Å². The van der Waals surface area contributed by atoms with Crippen molar-refractivity contribution in [3.05, 3.63) is 41.4 Å². The highest BCUT2D eigenvalue weighted by molar-refractivity contribution is 8.05. The quantitative estimate of drug-likeness (QED) is 0.848. The summed E-state index contributed by atoms with van der Waals surface area (Å²) in [6.45, 7) is 3.53. The zero-order valence-corrected chi connectivity index (χ0v) is 9.75. The Balaban J connectivity index is 3.26. The summed E-state index contributed by atoms with van der Waals surface area (Å²) < 4.78 is 22.5. The molecule has 6 heteroatoms. The molecule has 1 aromatic rings. The first-order valence-electron chi connectivity index (χ1n) is 4.27. The number of carbonyl (C=O) groups is 1. The third-order valence-corrected chi connectivity index (χ3v) is 3.62. The maximum Gasteiger partial charge on any atom is 0.427 e. The SMILES string of the molecule is C=CCc1ccc(S(=O)(=O)C(=O)O)cc1Cl. The first kappa shape index (κ1) is 12.7. The summed E-state index contributed by atoms with van der Waals surface area (Å²) in [4.78, 5) is 10.2.